The Morgan fingerprint density at radius 3 is 1.45 bits per heavy atom. The second-order valence-electron chi connectivity index (χ2n) is 9.22. The van der Waals surface area contributed by atoms with Gasteiger partial charge in [0.05, 0.1) is 12.7 Å². The molecule has 4 atom stereocenters. The monoisotopic (exact) mass is 445 g/mol. The topological polar surface area (TPSA) is 141 Å². The van der Waals surface area contributed by atoms with Crippen LogP contribution < -0.4 is 5.73 Å². The Hall–Kier alpha value is -0.860. The van der Waals surface area contributed by atoms with E-state index >= 15 is 0 Å². The molecule has 0 saturated carbocycles. The molecular formula is C24H47NO6. The van der Waals surface area contributed by atoms with E-state index in [9.17, 15) is 24.9 Å². The molecule has 0 aliphatic heterocycles. The molecule has 6 N–H and O–H groups in total. The third-order valence-electron chi connectivity index (χ3n) is 5.81. The molecule has 31 heavy (non-hydrogen) atoms. The Bertz CT molecular complexity index is 471. The predicted molar refractivity (Wildman–Crippen MR) is 123 cm³/mol. The van der Waals surface area contributed by atoms with E-state index < -0.39 is 42.5 Å². The van der Waals surface area contributed by atoms with Crippen molar-refractivity contribution < 1.29 is 30.0 Å². The first kappa shape index (κ1) is 30.1. The first-order valence-corrected chi connectivity index (χ1v) is 12.2. The van der Waals surface area contributed by atoms with E-state index in [1.165, 1.54) is 57.8 Å². The number of carbonyl (C=O) groups excluding carboxylic acids is 2. The van der Waals surface area contributed by atoms with Gasteiger partial charge in [-0.1, -0.05) is 97.3 Å². The molecule has 7 heteroatoms. The van der Waals surface area contributed by atoms with Crippen LogP contribution >= 0.6 is 0 Å². The minimum absolute atomic E-state index is 0.287. The zero-order chi connectivity index (χ0) is 23.6. The molecule has 0 aliphatic carbocycles. The molecule has 0 radical (unpaired) electrons. The van der Waals surface area contributed by atoms with Crippen molar-refractivity contribution in [3.8, 4) is 0 Å². The van der Waals surface area contributed by atoms with Crippen LogP contribution in [-0.4, -0.2) is 63.0 Å². The number of nitrogens with two attached hydrogens (primary N) is 1. The molecule has 0 amide bonds. The first-order valence-electron chi connectivity index (χ1n) is 12.2. The summed E-state index contributed by atoms with van der Waals surface area (Å²) in [4.78, 5) is 23.3. The van der Waals surface area contributed by atoms with Crippen molar-refractivity contribution in [1.82, 2.24) is 0 Å². The van der Waals surface area contributed by atoms with Crippen LogP contribution in [0.1, 0.15) is 104 Å². The van der Waals surface area contributed by atoms with Gasteiger partial charge in [0.2, 0.25) is 11.6 Å². The van der Waals surface area contributed by atoms with E-state index in [0.717, 1.165) is 25.2 Å². The summed E-state index contributed by atoms with van der Waals surface area (Å²) in [6.45, 7) is 3.66. The van der Waals surface area contributed by atoms with Gasteiger partial charge in [-0.2, -0.15) is 0 Å². The average molecular weight is 446 g/mol. The Morgan fingerprint density at radius 1 is 0.677 bits per heavy atom. The van der Waals surface area contributed by atoms with Gasteiger partial charge in [-0.3, -0.25) is 9.59 Å². The van der Waals surface area contributed by atoms with Crippen molar-refractivity contribution >= 4 is 11.6 Å². The third-order valence-corrected chi connectivity index (χ3v) is 5.81. The maximum atomic E-state index is 11.8. The standard InChI is InChI=1S/C24H47NO6/c1-18(2)15-13-11-9-7-5-3-4-6-8-10-12-14-16-19(27)22(29)21(25)24(31)23(30)20(28)17-26/h18-22,26-29H,3-17,25H2,1-2H3/t19?,20-,21+,22?/m1/s1. The van der Waals surface area contributed by atoms with Crippen molar-refractivity contribution in [2.24, 2.45) is 11.7 Å². The summed E-state index contributed by atoms with van der Waals surface area (Å²) in [5, 5.41) is 37.9. The summed E-state index contributed by atoms with van der Waals surface area (Å²) in [6, 6.07) is -1.61. The number of ketones is 2. The summed E-state index contributed by atoms with van der Waals surface area (Å²) in [7, 11) is 0. The summed E-state index contributed by atoms with van der Waals surface area (Å²) < 4.78 is 0. The lowest BCUT2D eigenvalue weighted by atomic mass is 9.94. The SMILES string of the molecule is CC(C)CCCCCCCCCCCCCCC(O)C(O)[C@H](N)C(=O)C(=O)[C@H](O)CO. The fraction of sp³-hybridized carbons (Fsp3) is 0.917. The predicted octanol–water partition coefficient (Wildman–Crippen LogP) is 2.64. The van der Waals surface area contributed by atoms with E-state index in [-0.39, 0.29) is 6.42 Å². The second-order valence-corrected chi connectivity index (χ2v) is 9.22. The molecule has 184 valence electrons. The van der Waals surface area contributed by atoms with Gasteiger partial charge < -0.3 is 26.2 Å². The van der Waals surface area contributed by atoms with Crippen molar-refractivity contribution in [2.45, 2.75) is 128 Å². The van der Waals surface area contributed by atoms with Gasteiger partial charge in [0.25, 0.3) is 0 Å². The van der Waals surface area contributed by atoms with Gasteiger partial charge in [0.15, 0.2) is 0 Å². The van der Waals surface area contributed by atoms with Crippen LogP contribution in [0.2, 0.25) is 0 Å². The van der Waals surface area contributed by atoms with E-state index in [0.29, 0.717) is 6.42 Å². The molecule has 2 unspecified atom stereocenters. The number of Topliss-reactive ketones (excluding diaryl/α,β-unsaturated/α-hetero) is 2. The number of hydrogen-bond donors (Lipinski definition) is 5. The Morgan fingerprint density at radius 2 is 1.06 bits per heavy atom. The van der Waals surface area contributed by atoms with E-state index in [1.807, 2.05) is 0 Å². The van der Waals surface area contributed by atoms with Gasteiger partial charge >= 0.3 is 0 Å². The Balaban J connectivity index is 3.67. The molecule has 0 aromatic rings. The highest BCUT2D eigenvalue weighted by atomic mass is 16.3. The van der Waals surface area contributed by atoms with Crippen LogP contribution in [0.4, 0.5) is 0 Å². The summed E-state index contributed by atoms with van der Waals surface area (Å²) in [6.07, 6.45) is 11.3. The zero-order valence-corrected chi connectivity index (χ0v) is 19.7. The van der Waals surface area contributed by atoms with Gasteiger partial charge in [0.1, 0.15) is 18.2 Å². The normalized spacial score (nSPS) is 15.6. The van der Waals surface area contributed by atoms with Gasteiger partial charge in [-0.25, -0.2) is 0 Å². The number of aliphatic hydroxyl groups excluding tert-OH is 4. The number of rotatable bonds is 21. The number of aliphatic hydroxyl groups is 4. The molecule has 0 fully saturated rings. The quantitative estimate of drug-likeness (QED) is 0.135. The van der Waals surface area contributed by atoms with Crippen molar-refractivity contribution in [2.75, 3.05) is 6.61 Å². The van der Waals surface area contributed by atoms with E-state index in [1.54, 1.807) is 0 Å². The lowest BCUT2D eigenvalue weighted by Crippen LogP contribution is -2.52. The highest BCUT2D eigenvalue weighted by Gasteiger charge is 2.34. The average Bonchev–Trinajstić information content (AvgIpc) is 2.76. The maximum Gasteiger partial charge on any atom is 0.230 e. The summed E-state index contributed by atoms with van der Waals surface area (Å²) in [5.74, 6) is -1.63. The maximum absolute atomic E-state index is 11.8. The molecule has 0 heterocycles. The zero-order valence-electron chi connectivity index (χ0n) is 19.7. The van der Waals surface area contributed by atoms with Crippen molar-refractivity contribution in [3.63, 3.8) is 0 Å². The van der Waals surface area contributed by atoms with Gasteiger partial charge in [0, 0.05) is 0 Å². The van der Waals surface area contributed by atoms with Crippen LogP contribution in [-0.2, 0) is 9.59 Å². The highest BCUT2D eigenvalue weighted by molar-refractivity contribution is 6.40. The van der Waals surface area contributed by atoms with E-state index in [4.69, 9.17) is 10.8 Å². The Labute approximate surface area is 188 Å². The van der Waals surface area contributed by atoms with E-state index in [2.05, 4.69) is 13.8 Å². The highest BCUT2D eigenvalue weighted by Crippen LogP contribution is 2.15. The lowest BCUT2D eigenvalue weighted by molar-refractivity contribution is -0.145. The van der Waals surface area contributed by atoms with Crippen LogP contribution in [0.3, 0.4) is 0 Å². The van der Waals surface area contributed by atoms with Gasteiger partial charge in [-0.15, -0.1) is 0 Å². The number of unbranched alkanes of at least 4 members (excludes halogenated alkanes) is 11. The smallest absolute Gasteiger partial charge is 0.230 e. The number of carbonyl (C=O) groups is 2. The largest absolute Gasteiger partial charge is 0.393 e. The van der Waals surface area contributed by atoms with Gasteiger partial charge in [-0.05, 0) is 12.3 Å². The molecule has 0 aromatic heterocycles. The summed E-state index contributed by atoms with van der Waals surface area (Å²) >= 11 is 0. The Kier molecular flexibility index (Phi) is 18.2. The molecule has 0 spiro atoms. The fourth-order valence-corrected chi connectivity index (χ4v) is 3.65. The summed E-state index contributed by atoms with van der Waals surface area (Å²) in [5.41, 5.74) is 5.54. The molecule has 0 aliphatic rings. The van der Waals surface area contributed by atoms with Crippen LogP contribution in [0.5, 0.6) is 0 Å². The van der Waals surface area contributed by atoms with Crippen LogP contribution in [0.25, 0.3) is 0 Å². The molecule has 0 bridgehead atoms. The molecule has 0 saturated heterocycles. The lowest BCUT2D eigenvalue weighted by Gasteiger charge is -2.23. The van der Waals surface area contributed by atoms with Crippen molar-refractivity contribution in [1.29, 1.82) is 0 Å². The minimum Gasteiger partial charge on any atom is -0.393 e. The second kappa shape index (κ2) is 18.7. The first-order chi connectivity index (χ1) is 14.7. The van der Waals surface area contributed by atoms with Crippen LogP contribution in [0.15, 0.2) is 0 Å². The number of hydrogen-bond acceptors (Lipinski definition) is 7. The molecule has 0 rings (SSSR count). The van der Waals surface area contributed by atoms with Crippen molar-refractivity contribution in [3.05, 3.63) is 0 Å². The van der Waals surface area contributed by atoms with Crippen LogP contribution in [0, 0.1) is 5.92 Å². The molecule has 0 aromatic carbocycles. The molecule has 7 nitrogen and oxygen atoms in total. The fourth-order valence-electron chi connectivity index (χ4n) is 3.65. The third kappa shape index (κ3) is 14.8. The molecular weight excluding hydrogens is 398 g/mol. The minimum atomic E-state index is -1.85.